The first-order valence-corrected chi connectivity index (χ1v) is 4.71. The number of halogens is 1. The molecule has 0 spiro atoms. The molecule has 82 valence electrons. The van der Waals surface area contributed by atoms with E-state index >= 15 is 0 Å². The number of carbonyl (C=O) groups is 1. The Morgan fingerprint density at radius 3 is 3.14 bits per heavy atom. The Morgan fingerprint density at radius 2 is 2.43 bits per heavy atom. The van der Waals surface area contributed by atoms with Crippen LogP contribution in [0.5, 0.6) is 0 Å². The minimum atomic E-state index is -0.546. The van der Waals surface area contributed by atoms with E-state index in [1.165, 1.54) is 7.11 Å². The van der Waals surface area contributed by atoms with Crippen molar-refractivity contribution in [2.24, 2.45) is 0 Å². The molecule has 2 rings (SSSR count). The van der Waals surface area contributed by atoms with Gasteiger partial charge in [-0.3, -0.25) is 5.32 Å². The summed E-state index contributed by atoms with van der Waals surface area (Å²) >= 11 is 0. The van der Waals surface area contributed by atoms with Crippen LogP contribution >= 0.6 is 12.4 Å². The van der Waals surface area contributed by atoms with Gasteiger partial charge in [0.25, 0.3) is 0 Å². The first kappa shape index (κ1) is 11.8. The molecular formula is C9H16ClNO3. The normalized spacial score (nSPS) is 35.6. The van der Waals surface area contributed by atoms with Crippen molar-refractivity contribution in [2.45, 2.75) is 30.8 Å². The van der Waals surface area contributed by atoms with Crippen LogP contribution < -0.4 is 5.32 Å². The molecule has 4 nitrogen and oxygen atoms in total. The third-order valence-corrected chi connectivity index (χ3v) is 2.88. The first-order chi connectivity index (χ1) is 6.27. The van der Waals surface area contributed by atoms with E-state index in [0.717, 1.165) is 25.9 Å². The standard InChI is InChI=1S/C9H15NO3.ClH/c1-12-8(11)9-4-2-3-7(10-9)5-13-6-9;/h7,10H,2-6H2,1H3;1H. The zero-order chi connectivity index (χ0) is 9.31. The van der Waals surface area contributed by atoms with E-state index in [2.05, 4.69) is 5.32 Å². The minimum Gasteiger partial charge on any atom is -0.468 e. The fourth-order valence-electron chi connectivity index (χ4n) is 2.21. The summed E-state index contributed by atoms with van der Waals surface area (Å²) in [6.45, 7) is 1.18. The molecule has 0 aromatic heterocycles. The Morgan fingerprint density at radius 1 is 1.64 bits per heavy atom. The summed E-state index contributed by atoms with van der Waals surface area (Å²) in [7, 11) is 1.43. The van der Waals surface area contributed by atoms with Crippen molar-refractivity contribution in [3.8, 4) is 0 Å². The number of morpholine rings is 1. The third kappa shape index (κ3) is 1.87. The predicted octanol–water partition coefficient (Wildman–Crippen LogP) is 0.492. The van der Waals surface area contributed by atoms with Crippen LogP contribution in [-0.2, 0) is 14.3 Å². The van der Waals surface area contributed by atoms with Crippen LogP contribution in [0.25, 0.3) is 0 Å². The van der Waals surface area contributed by atoms with Crippen molar-refractivity contribution < 1.29 is 14.3 Å². The molecule has 1 N–H and O–H groups in total. The van der Waals surface area contributed by atoms with E-state index in [0.29, 0.717) is 12.6 Å². The van der Waals surface area contributed by atoms with Crippen LogP contribution in [0.3, 0.4) is 0 Å². The molecule has 2 saturated heterocycles. The highest BCUT2D eigenvalue weighted by molar-refractivity contribution is 5.85. The highest BCUT2D eigenvalue weighted by Crippen LogP contribution is 2.27. The van der Waals surface area contributed by atoms with E-state index in [9.17, 15) is 4.79 Å². The molecule has 14 heavy (non-hydrogen) atoms. The van der Waals surface area contributed by atoms with Crippen molar-refractivity contribution in [2.75, 3.05) is 20.3 Å². The number of hydrogen-bond donors (Lipinski definition) is 1. The predicted molar refractivity (Wildman–Crippen MR) is 53.6 cm³/mol. The van der Waals surface area contributed by atoms with Crippen LogP contribution in [0.15, 0.2) is 0 Å². The molecule has 0 aromatic carbocycles. The van der Waals surface area contributed by atoms with E-state index in [4.69, 9.17) is 9.47 Å². The lowest BCUT2D eigenvalue weighted by molar-refractivity contribution is -0.158. The number of carbonyl (C=O) groups excluding carboxylic acids is 1. The largest absolute Gasteiger partial charge is 0.468 e. The first-order valence-electron chi connectivity index (χ1n) is 4.71. The van der Waals surface area contributed by atoms with Gasteiger partial charge in [-0.2, -0.15) is 0 Å². The van der Waals surface area contributed by atoms with Crippen molar-refractivity contribution in [1.29, 1.82) is 0 Å². The van der Waals surface area contributed by atoms with Crippen LogP contribution in [0.1, 0.15) is 19.3 Å². The molecule has 0 saturated carbocycles. The molecule has 0 radical (unpaired) electrons. The average molecular weight is 222 g/mol. The van der Waals surface area contributed by atoms with Crippen LogP contribution in [0.2, 0.25) is 0 Å². The fraction of sp³-hybridized carbons (Fsp3) is 0.889. The van der Waals surface area contributed by atoms with E-state index in [1.807, 2.05) is 0 Å². The van der Waals surface area contributed by atoms with E-state index in [-0.39, 0.29) is 18.4 Å². The number of piperidine rings is 1. The van der Waals surface area contributed by atoms with E-state index in [1.54, 1.807) is 0 Å². The smallest absolute Gasteiger partial charge is 0.328 e. The van der Waals surface area contributed by atoms with Crippen molar-refractivity contribution in [1.82, 2.24) is 5.32 Å². The number of nitrogens with one attached hydrogen (secondary N) is 1. The number of ether oxygens (including phenoxy) is 2. The second-order valence-corrected chi connectivity index (χ2v) is 3.82. The monoisotopic (exact) mass is 221 g/mol. The van der Waals surface area contributed by atoms with Gasteiger partial charge in [-0.15, -0.1) is 12.4 Å². The van der Waals surface area contributed by atoms with Gasteiger partial charge in [0.05, 0.1) is 20.3 Å². The van der Waals surface area contributed by atoms with E-state index < -0.39 is 5.54 Å². The van der Waals surface area contributed by atoms with Gasteiger partial charge in [-0.25, -0.2) is 4.79 Å². The topological polar surface area (TPSA) is 47.6 Å². The third-order valence-electron chi connectivity index (χ3n) is 2.88. The maximum absolute atomic E-state index is 11.5. The van der Waals surface area contributed by atoms with Gasteiger partial charge in [0, 0.05) is 6.04 Å². The van der Waals surface area contributed by atoms with Crippen molar-refractivity contribution in [3.63, 3.8) is 0 Å². The van der Waals surface area contributed by atoms with Gasteiger partial charge >= 0.3 is 5.97 Å². The van der Waals surface area contributed by atoms with Crippen molar-refractivity contribution in [3.05, 3.63) is 0 Å². The Kier molecular flexibility index (Phi) is 3.75. The van der Waals surface area contributed by atoms with Gasteiger partial charge in [0.2, 0.25) is 0 Å². The Labute approximate surface area is 89.7 Å². The van der Waals surface area contributed by atoms with Gasteiger partial charge in [0.15, 0.2) is 0 Å². The van der Waals surface area contributed by atoms with Gasteiger partial charge in [-0.1, -0.05) is 0 Å². The average Bonchev–Trinajstić information content (AvgIpc) is 2.17. The highest BCUT2D eigenvalue weighted by atomic mass is 35.5. The van der Waals surface area contributed by atoms with Crippen LogP contribution in [0.4, 0.5) is 0 Å². The summed E-state index contributed by atoms with van der Waals surface area (Å²) in [6, 6.07) is 0.335. The van der Waals surface area contributed by atoms with Crippen LogP contribution in [-0.4, -0.2) is 37.9 Å². The van der Waals surface area contributed by atoms with Gasteiger partial charge < -0.3 is 9.47 Å². The second kappa shape index (κ2) is 4.47. The molecule has 2 fully saturated rings. The molecule has 0 aromatic rings. The number of methoxy groups -OCH3 is 1. The lowest BCUT2D eigenvalue weighted by Crippen LogP contribution is -2.66. The number of esters is 1. The highest BCUT2D eigenvalue weighted by Gasteiger charge is 2.46. The number of hydrogen-bond acceptors (Lipinski definition) is 4. The van der Waals surface area contributed by atoms with Gasteiger partial charge in [-0.05, 0) is 19.3 Å². The molecule has 2 aliphatic rings. The molecule has 2 bridgehead atoms. The van der Waals surface area contributed by atoms with Crippen molar-refractivity contribution >= 4 is 18.4 Å². The van der Waals surface area contributed by atoms with Gasteiger partial charge in [0.1, 0.15) is 5.54 Å². The summed E-state index contributed by atoms with van der Waals surface area (Å²) in [4.78, 5) is 11.5. The lowest BCUT2D eigenvalue weighted by atomic mass is 9.85. The number of fused-ring (bicyclic) bond motifs is 2. The zero-order valence-electron chi connectivity index (χ0n) is 8.25. The maximum atomic E-state index is 11.5. The fourth-order valence-corrected chi connectivity index (χ4v) is 2.21. The Hall–Kier alpha value is -0.320. The van der Waals surface area contributed by atoms with Crippen LogP contribution in [0, 0.1) is 0 Å². The molecule has 5 heteroatoms. The Balaban J connectivity index is 0.000000980. The maximum Gasteiger partial charge on any atom is 0.328 e. The summed E-state index contributed by atoms with van der Waals surface area (Å²) < 4.78 is 10.2. The number of rotatable bonds is 1. The molecule has 2 unspecified atom stereocenters. The quantitative estimate of drug-likeness (QED) is 0.655. The molecule has 0 amide bonds. The molecule has 2 heterocycles. The molecule has 0 aliphatic carbocycles. The summed E-state index contributed by atoms with van der Waals surface area (Å²) in [6.07, 6.45) is 3.01. The summed E-state index contributed by atoms with van der Waals surface area (Å²) in [5, 5.41) is 3.32. The molecule has 2 atom stereocenters. The lowest BCUT2D eigenvalue weighted by Gasteiger charge is -2.43. The Bertz CT molecular complexity index is 212. The second-order valence-electron chi connectivity index (χ2n) is 3.82. The summed E-state index contributed by atoms with van der Waals surface area (Å²) in [5.41, 5.74) is -0.546. The minimum absolute atomic E-state index is 0. The SMILES string of the molecule is COC(=O)C12CCCC(COC1)N2.Cl. The molecular weight excluding hydrogens is 206 g/mol. The summed E-state index contributed by atoms with van der Waals surface area (Å²) in [5.74, 6) is -0.183. The molecule has 2 aliphatic heterocycles. The zero-order valence-corrected chi connectivity index (χ0v) is 9.06.